The standard InChI is InChI=1S/C26H49NO3/c1-11-22(26(10,12-2)29-19-17-21(3)4)15-13-14-16-23(27)30-25(8,9)18-20-28-24(5,6)7/h11-12,21-22,27H,1-2,13-20H2,3-10H3. The second-order valence-corrected chi connectivity index (χ2v) is 10.5. The Morgan fingerprint density at radius 1 is 0.933 bits per heavy atom. The van der Waals surface area contributed by atoms with Gasteiger partial charge < -0.3 is 14.2 Å². The summed E-state index contributed by atoms with van der Waals surface area (Å²) in [5.41, 5.74) is -0.933. The van der Waals surface area contributed by atoms with Crippen molar-refractivity contribution < 1.29 is 14.2 Å². The Hall–Kier alpha value is -1.13. The van der Waals surface area contributed by atoms with Gasteiger partial charge in [0, 0.05) is 25.4 Å². The number of rotatable bonds is 16. The lowest BCUT2D eigenvalue weighted by Gasteiger charge is -2.34. The Kier molecular flexibility index (Phi) is 12.8. The molecule has 1 N–H and O–H groups in total. The van der Waals surface area contributed by atoms with Crippen molar-refractivity contribution in [3.05, 3.63) is 25.3 Å². The highest BCUT2D eigenvalue weighted by atomic mass is 16.5. The maximum absolute atomic E-state index is 8.20. The molecule has 4 heteroatoms. The highest BCUT2D eigenvalue weighted by Crippen LogP contribution is 2.30. The zero-order valence-electron chi connectivity index (χ0n) is 21.1. The average molecular weight is 424 g/mol. The molecule has 0 rings (SSSR count). The van der Waals surface area contributed by atoms with Gasteiger partial charge in [0.2, 0.25) is 0 Å². The fraction of sp³-hybridized carbons (Fsp3) is 0.808. The molecule has 0 aromatic heterocycles. The average Bonchev–Trinajstić information content (AvgIpc) is 2.59. The predicted octanol–water partition coefficient (Wildman–Crippen LogP) is 7.33. The summed E-state index contributed by atoms with van der Waals surface area (Å²) in [7, 11) is 0. The Balaban J connectivity index is 4.37. The van der Waals surface area contributed by atoms with Crippen LogP contribution in [0.4, 0.5) is 0 Å². The van der Waals surface area contributed by atoms with Gasteiger partial charge in [0.25, 0.3) is 0 Å². The molecule has 4 nitrogen and oxygen atoms in total. The summed E-state index contributed by atoms with van der Waals surface area (Å²) in [5.74, 6) is 1.19. The Bertz CT molecular complexity index is 519. The van der Waals surface area contributed by atoms with E-state index in [2.05, 4.69) is 33.9 Å². The molecular formula is C26H49NO3. The van der Waals surface area contributed by atoms with Crippen LogP contribution >= 0.6 is 0 Å². The topological polar surface area (TPSA) is 51.5 Å². The second-order valence-electron chi connectivity index (χ2n) is 10.5. The Labute approximate surface area is 187 Å². The van der Waals surface area contributed by atoms with E-state index in [4.69, 9.17) is 19.6 Å². The summed E-state index contributed by atoms with van der Waals surface area (Å²) < 4.78 is 17.9. The summed E-state index contributed by atoms with van der Waals surface area (Å²) in [6.07, 6.45) is 9.21. The van der Waals surface area contributed by atoms with Gasteiger partial charge in [-0.25, -0.2) is 0 Å². The molecule has 0 aliphatic carbocycles. The van der Waals surface area contributed by atoms with E-state index in [1.165, 1.54) is 0 Å². The quantitative estimate of drug-likeness (QED) is 0.122. The highest BCUT2D eigenvalue weighted by Gasteiger charge is 2.30. The van der Waals surface area contributed by atoms with E-state index >= 15 is 0 Å². The smallest absolute Gasteiger partial charge is 0.181 e. The summed E-state index contributed by atoms with van der Waals surface area (Å²) in [4.78, 5) is 0. The maximum Gasteiger partial charge on any atom is 0.181 e. The van der Waals surface area contributed by atoms with Gasteiger partial charge in [-0.3, -0.25) is 5.41 Å². The van der Waals surface area contributed by atoms with Gasteiger partial charge in [0.05, 0.1) is 17.8 Å². The first kappa shape index (κ1) is 28.9. The minimum absolute atomic E-state index is 0.149. The van der Waals surface area contributed by atoms with E-state index in [0.29, 0.717) is 24.8 Å². The highest BCUT2D eigenvalue weighted by molar-refractivity contribution is 5.72. The third-order valence-corrected chi connectivity index (χ3v) is 5.34. The van der Waals surface area contributed by atoms with Gasteiger partial charge >= 0.3 is 0 Å². The van der Waals surface area contributed by atoms with Crippen molar-refractivity contribution in [2.45, 2.75) is 111 Å². The predicted molar refractivity (Wildman–Crippen MR) is 129 cm³/mol. The molecule has 176 valence electrons. The molecule has 0 amide bonds. The molecular weight excluding hydrogens is 374 g/mol. The van der Waals surface area contributed by atoms with E-state index < -0.39 is 11.2 Å². The molecule has 0 radical (unpaired) electrons. The van der Waals surface area contributed by atoms with Crippen molar-refractivity contribution >= 4 is 5.90 Å². The minimum atomic E-state index is -0.393. The first-order valence-electron chi connectivity index (χ1n) is 11.5. The number of hydrogen-bond donors (Lipinski definition) is 1. The maximum atomic E-state index is 8.20. The van der Waals surface area contributed by atoms with E-state index in [1.54, 1.807) is 0 Å². The monoisotopic (exact) mass is 423 g/mol. The molecule has 0 saturated carbocycles. The van der Waals surface area contributed by atoms with Crippen LogP contribution in [0.2, 0.25) is 0 Å². The van der Waals surface area contributed by atoms with Crippen molar-refractivity contribution in [1.82, 2.24) is 0 Å². The SMILES string of the molecule is C=CC(CCCCC(=N)OC(C)(C)CCOC(C)(C)C)C(C)(C=C)OCCC(C)C. The van der Waals surface area contributed by atoms with Crippen LogP contribution in [0.1, 0.15) is 93.9 Å². The van der Waals surface area contributed by atoms with Crippen LogP contribution in [-0.2, 0) is 14.2 Å². The van der Waals surface area contributed by atoms with Gasteiger partial charge in [0.15, 0.2) is 5.90 Å². The lowest BCUT2D eigenvalue weighted by atomic mass is 9.84. The molecule has 0 heterocycles. The molecule has 0 saturated heterocycles. The van der Waals surface area contributed by atoms with E-state index in [1.807, 2.05) is 46.8 Å². The van der Waals surface area contributed by atoms with Crippen molar-refractivity contribution in [2.75, 3.05) is 13.2 Å². The summed E-state index contributed by atoms with van der Waals surface area (Å²) in [5, 5.41) is 8.20. The molecule has 0 fully saturated rings. The van der Waals surface area contributed by atoms with E-state index in [0.717, 1.165) is 38.7 Å². The number of hydrogen-bond acceptors (Lipinski definition) is 4. The van der Waals surface area contributed by atoms with E-state index in [9.17, 15) is 0 Å². The van der Waals surface area contributed by atoms with Gasteiger partial charge in [-0.15, -0.1) is 13.2 Å². The zero-order valence-corrected chi connectivity index (χ0v) is 21.1. The van der Waals surface area contributed by atoms with E-state index in [-0.39, 0.29) is 11.5 Å². The Morgan fingerprint density at radius 2 is 1.57 bits per heavy atom. The largest absolute Gasteiger partial charge is 0.475 e. The van der Waals surface area contributed by atoms with Crippen LogP contribution in [0.5, 0.6) is 0 Å². The van der Waals surface area contributed by atoms with Crippen LogP contribution in [0, 0.1) is 17.2 Å². The minimum Gasteiger partial charge on any atom is -0.475 e. The fourth-order valence-corrected chi connectivity index (χ4v) is 3.16. The van der Waals surface area contributed by atoms with Gasteiger partial charge in [0.1, 0.15) is 5.60 Å². The van der Waals surface area contributed by atoms with Crippen molar-refractivity contribution in [1.29, 1.82) is 5.41 Å². The molecule has 0 spiro atoms. The van der Waals surface area contributed by atoms with Gasteiger partial charge in [-0.2, -0.15) is 0 Å². The molecule has 30 heavy (non-hydrogen) atoms. The molecule has 2 atom stereocenters. The molecule has 0 aliphatic rings. The van der Waals surface area contributed by atoms with Crippen molar-refractivity contribution in [2.24, 2.45) is 11.8 Å². The molecule has 0 aromatic carbocycles. The first-order valence-corrected chi connectivity index (χ1v) is 11.5. The molecule has 0 aliphatic heterocycles. The number of unbranched alkanes of at least 4 members (excludes halogenated alkanes) is 1. The zero-order chi connectivity index (χ0) is 23.4. The van der Waals surface area contributed by atoms with Crippen LogP contribution < -0.4 is 0 Å². The normalized spacial score (nSPS) is 15.5. The third-order valence-electron chi connectivity index (χ3n) is 5.34. The van der Waals surface area contributed by atoms with Crippen LogP contribution in [0.25, 0.3) is 0 Å². The summed E-state index contributed by atoms with van der Waals surface area (Å²) in [6, 6.07) is 0. The number of nitrogens with one attached hydrogen (secondary N) is 1. The van der Waals surface area contributed by atoms with Gasteiger partial charge in [-0.05, 0) is 66.7 Å². The number of ether oxygens (including phenoxy) is 3. The van der Waals surface area contributed by atoms with Crippen LogP contribution in [-0.4, -0.2) is 35.9 Å². The lowest BCUT2D eigenvalue weighted by Crippen LogP contribution is -2.35. The van der Waals surface area contributed by atoms with Crippen LogP contribution in [0.15, 0.2) is 25.3 Å². The first-order chi connectivity index (χ1) is 13.7. The lowest BCUT2D eigenvalue weighted by molar-refractivity contribution is -0.0328. The van der Waals surface area contributed by atoms with Crippen molar-refractivity contribution in [3.8, 4) is 0 Å². The fourth-order valence-electron chi connectivity index (χ4n) is 3.16. The molecule has 2 unspecified atom stereocenters. The third kappa shape index (κ3) is 13.2. The van der Waals surface area contributed by atoms with Gasteiger partial charge in [-0.1, -0.05) is 32.4 Å². The summed E-state index contributed by atoms with van der Waals surface area (Å²) in [6.45, 7) is 26.1. The molecule has 0 aromatic rings. The second kappa shape index (κ2) is 13.3. The van der Waals surface area contributed by atoms with Crippen molar-refractivity contribution in [3.63, 3.8) is 0 Å². The Morgan fingerprint density at radius 3 is 2.07 bits per heavy atom. The molecule has 0 bridgehead atoms. The van der Waals surface area contributed by atoms with Crippen LogP contribution in [0.3, 0.4) is 0 Å². The summed E-state index contributed by atoms with van der Waals surface area (Å²) >= 11 is 0.